The standard InChI is InChI=1S/C18H29NO5S/c1-17(2)13-6-7-18(17,15(20)11-13)12-25(21,22)19-8-4-3-5-14(19)16-23-9-10-24-16/h13-14,16H,3-12H2,1-2H3. The average molecular weight is 371 g/mol. The molecule has 0 radical (unpaired) electrons. The number of Topliss-reactive ketones (excluding diaryl/α,β-unsaturated/α-hetero) is 1. The van der Waals surface area contributed by atoms with E-state index in [-0.39, 0.29) is 23.0 Å². The third-order valence-electron chi connectivity index (χ3n) is 7.39. The highest BCUT2D eigenvalue weighted by atomic mass is 32.2. The molecule has 0 spiro atoms. The fourth-order valence-electron chi connectivity index (χ4n) is 5.65. The quantitative estimate of drug-likeness (QED) is 0.755. The molecule has 2 bridgehead atoms. The first-order chi connectivity index (χ1) is 11.8. The van der Waals surface area contributed by atoms with E-state index in [0.29, 0.717) is 38.5 Å². The number of hydrogen-bond acceptors (Lipinski definition) is 5. The highest BCUT2D eigenvalue weighted by molar-refractivity contribution is 7.89. The fraction of sp³-hybridized carbons (Fsp3) is 0.944. The fourth-order valence-corrected chi connectivity index (χ4v) is 8.14. The maximum absolute atomic E-state index is 13.4. The summed E-state index contributed by atoms with van der Waals surface area (Å²) in [4.78, 5) is 12.7. The van der Waals surface area contributed by atoms with Crippen molar-refractivity contribution in [1.82, 2.24) is 4.31 Å². The van der Waals surface area contributed by atoms with Crippen molar-refractivity contribution in [3.63, 3.8) is 0 Å². The molecule has 0 amide bonds. The van der Waals surface area contributed by atoms with E-state index in [1.165, 1.54) is 0 Å². The van der Waals surface area contributed by atoms with Crippen molar-refractivity contribution in [2.45, 2.75) is 64.7 Å². The molecule has 4 rings (SSSR count). The van der Waals surface area contributed by atoms with Gasteiger partial charge in [0.15, 0.2) is 6.29 Å². The van der Waals surface area contributed by atoms with Crippen LogP contribution in [0, 0.1) is 16.7 Å². The van der Waals surface area contributed by atoms with Crippen LogP contribution in [0.5, 0.6) is 0 Å². The minimum Gasteiger partial charge on any atom is -0.349 e. The molecule has 142 valence electrons. The van der Waals surface area contributed by atoms with E-state index in [9.17, 15) is 13.2 Å². The van der Waals surface area contributed by atoms with E-state index in [4.69, 9.17) is 9.47 Å². The third kappa shape index (κ3) is 2.61. The summed E-state index contributed by atoms with van der Waals surface area (Å²) in [6.45, 7) is 5.71. The van der Waals surface area contributed by atoms with Crippen molar-refractivity contribution in [1.29, 1.82) is 0 Å². The SMILES string of the molecule is CC1(C)C2CCC1(CS(=O)(=O)N1CCCCC1C1OCCO1)C(=O)C2. The second-order valence-corrected chi connectivity index (χ2v) is 10.6. The molecular weight excluding hydrogens is 342 g/mol. The molecule has 2 heterocycles. The molecule has 0 aromatic rings. The molecule has 2 aliphatic heterocycles. The molecule has 4 aliphatic rings. The number of hydrogen-bond donors (Lipinski definition) is 0. The van der Waals surface area contributed by atoms with Gasteiger partial charge < -0.3 is 9.47 Å². The smallest absolute Gasteiger partial charge is 0.215 e. The van der Waals surface area contributed by atoms with Crippen LogP contribution in [0.15, 0.2) is 0 Å². The van der Waals surface area contributed by atoms with Gasteiger partial charge in [-0.05, 0) is 37.0 Å². The lowest BCUT2D eigenvalue weighted by atomic mass is 9.70. The molecule has 3 atom stereocenters. The molecule has 25 heavy (non-hydrogen) atoms. The molecule has 3 unspecified atom stereocenters. The van der Waals surface area contributed by atoms with Gasteiger partial charge in [-0.15, -0.1) is 0 Å². The molecule has 0 N–H and O–H groups in total. The average Bonchev–Trinajstić information content (AvgIpc) is 3.21. The number of ketones is 1. The van der Waals surface area contributed by atoms with Gasteiger partial charge >= 0.3 is 0 Å². The first-order valence-corrected chi connectivity index (χ1v) is 11.1. The molecule has 4 fully saturated rings. The van der Waals surface area contributed by atoms with E-state index in [0.717, 1.165) is 25.7 Å². The molecule has 6 nitrogen and oxygen atoms in total. The maximum Gasteiger partial charge on any atom is 0.215 e. The van der Waals surface area contributed by atoms with Crippen molar-refractivity contribution in [3.05, 3.63) is 0 Å². The molecule has 0 aromatic carbocycles. The van der Waals surface area contributed by atoms with E-state index in [1.54, 1.807) is 4.31 Å². The summed E-state index contributed by atoms with van der Waals surface area (Å²) in [7, 11) is -3.55. The van der Waals surface area contributed by atoms with Crippen LogP contribution in [-0.2, 0) is 24.3 Å². The monoisotopic (exact) mass is 371 g/mol. The summed E-state index contributed by atoms with van der Waals surface area (Å²) in [5.74, 6) is 0.430. The second kappa shape index (κ2) is 6.01. The third-order valence-corrected chi connectivity index (χ3v) is 9.41. The number of ether oxygens (including phenoxy) is 2. The molecule has 2 saturated carbocycles. The van der Waals surface area contributed by atoms with Crippen LogP contribution in [0.4, 0.5) is 0 Å². The van der Waals surface area contributed by atoms with Gasteiger partial charge in [0.2, 0.25) is 10.0 Å². The lowest BCUT2D eigenvalue weighted by Crippen LogP contribution is -2.54. The number of fused-ring (bicyclic) bond motifs is 2. The number of carbonyl (C=O) groups is 1. The Morgan fingerprint density at radius 2 is 1.88 bits per heavy atom. The zero-order valence-corrected chi connectivity index (χ0v) is 16.0. The van der Waals surface area contributed by atoms with Crippen molar-refractivity contribution in [3.8, 4) is 0 Å². The summed E-state index contributed by atoms with van der Waals surface area (Å²) in [5, 5.41) is 0. The van der Waals surface area contributed by atoms with Crippen LogP contribution in [-0.4, -0.2) is 56.3 Å². The van der Waals surface area contributed by atoms with Crippen molar-refractivity contribution in [2.24, 2.45) is 16.7 Å². The highest BCUT2D eigenvalue weighted by Gasteiger charge is 2.65. The van der Waals surface area contributed by atoms with Gasteiger partial charge in [0.25, 0.3) is 0 Å². The molecule has 7 heteroatoms. The van der Waals surface area contributed by atoms with Crippen molar-refractivity contribution < 1.29 is 22.7 Å². The van der Waals surface area contributed by atoms with Gasteiger partial charge in [-0.25, -0.2) is 8.42 Å². The van der Waals surface area contributed by atoms with Crippen LogP contribution in [0.25, 0.3) is 0 Å². The topological polar surface area (TPSA) is 72.9 Å². The molecule has 0 aromatic heterocycles. The van der Waals surface area contributed by atoms with Gasteiger partial charge in [0.05, 0.1) is 25.0 Å². The Balaban J connectivity index is 1.61. The Hall–Kier alpha value is -0.500. The predicted molar refractivity (Wildman–Crippen MR) is 92.4 cm³/mol. The highest BCUT2D eigenvalue weighted by Crippen LogP contribution is 2.64. The van der Waals surface area contributed by atoms with Gasteiger partial charge in [0.1, 0.15) is 5.78 Å². The van der Waals surface area contributed by atoms with Gasteiger partial charge in [-0.3, -0.25) is 4.79 Å². The van der Waals surface area contributed by atoms with Crippen molar-refractivity contribution in [2.75, 3.05) is 25.5 Å². The number of piperidine rings is 1. The number of carbonyl (C=O) groups excluding carboxylic acids is 1. The number of rotatable bonds is 4. The zero-order valence-electron chi connectivity index (χ0n) is 15.2. The Kier molecular flexibility index (Phi) is 4.30. The largest absolute Gasteiger partial charge is 0.349 e. The number of sulfonamides is 1. The van der Waals surface area contributed by atoms with Gasteiger partial charge in [0, 0.05) is 18.4 Å². The normalized spacial score (nSPS) is 39.4. The summed E-state index contributed by atoms with van der Waals surface area (Å²) in [6, 6.07) is -0.255. The van der Waals surface area contributed by atoms with Gasteiger partial charge in [-0.1, -0.05) is 20.3 Å². The summed E-state index contributed by atoms with van der Waals surface area (Å²) in [5.41, 5.74) is -0.946. The van der Waals surface area contributed by atoms with Crippen LogP contribution >= 0.6 is 0 Å². The van der Waals surface area contributed by atoms with E-state index >= 15 is 0 Å². The Labute approximate surface area is 150 Å². The molecular formula is C18H29NO5S. The summed E-state index contributed by atoms with van der Waals surface area (Å²) in [6.07, 6.45) is 4.35. The van der Waals surface area contributed by atoms with Crippen LogP contribution < -0.4 is 0 Å². The van der Waals surface area contributed by atoms with E-state index < -0.39 is 21.7 Å². The Morgan fingerprint density at radius 1 is 1.16 bits per heavy atom. The molecule has 2 saturated heterocycles. The van der Waals surface area contributed by atoms with Crippen molar-refractivity contribution >= 4 is 15.8 Å². The summed E-state index contributed by atoms with van der Waals surface area (Å²) >= 11 is 0. The van der Waals surface area contributed by atoms with E-state index in [1.807, 2.05) is 0 Å². The molecule has 2 aliphatic carbocycles. The lowest BCUT2D eigenvalue weighted by molar-refractivity contribution is -0.128. The predicted octanol–water partition coefficient (Wildman–Crippen LogP) is 1.94. The van der Waals surface area contributed by atoms with Crippen LogP contribution in [0.2, 0.25) is 0 Å². The van der Waals surface area contributed by atoms with Gasteiger partial charge in [-0.2, -0.15) is 4.31 Å². The maximum atomic E-state index is 13.4. The minimum atomic E-state index is -3.55. The van der Waals surface area contributed by atoms with Crippen LogP contribution in [0.1, 0.15) is 52.4 Å². The zero-order chi connectivity index (χ0) is 17.9. The van der Waals surface area contributed by atoms with Crippen LogP contribution in [0.3, 0.4) is 0 Å². The van der Waals surface area contributed by atoms with E-state index in [2.05, 4.69) is 13.8 Å². The summed E-state index contributed by atoms with van der Waals surface area (Å²) < 4.78 is 39.6. The number of nitrogens with zero attached hydrogens (tertiary/aromatic N) is 1. The first-order valence-electron chi connectivity index (χ1n) is 9.54. The first kappa shape index (κ1) is 17.9. The Bertz CT molecular complexity index is 654. The lowest BCUT2D eigenvalue weighted by Gasteiger charge is -2.41. The minimum absolute atomic E-state index is 0.0500. The Morgan fingerprint density at radius 3 is 2.48 bits per heavy atom. The second-order valence-electron chi connectivity index (χ2n) is 8.71.